The number of carbonyl (C=O) groups is 1. The van der Waals surface area contributed by atoms with Gasteiger partial charge in [0, 0.05) is 36.0 Å². The van der Waals surface area contributed by atoms with Crippen molar-refractivity contribution in [3.63, 3.8) is 0 Å². The van der Waals surface area contributed by atoms with Crippen LogP contribution >= 0.6 is 22.7 Å². The molecule has 3 N–H and O–H groups in total. The third-order valence-corrected chi connectivity index (χ3v) is 7.02. The molecule has 6 nitrogen and oxygen atoms in total. The van der Waals surface area contributed by atoms with Gasteiger partial charge in [-0.1, -0.05) is 13.8 Å². The largest absolute Gasteiger partial charge is 0.317 e. The third-order valence-electron chi connectivity index (χ3n) is 4.82. The van der Waals surface area contributed by atoms with Gasteiger partial charge in [0.25, 0.3) is 0 Å². The fourth-order valence-corrected chi connectivity index (χ4v) is 5.74. The molecule has 29 heavy (non-hydrogen) atoms. The summed E-state index contributed by atoms with van der Waals surface area (Å²) in [7, 11) is 0. The second-order valence-electron chi connectivity index (χ2n) is 7.36. The second kappa shape index (κ2) is 8.59. The zero-order valence-corrected chi connectivity index (χ0v) is 18.1. The molecule has 0 saturated carbocycles. The molecular formula is C21H23N5OS2. The number of hydrogen-bond donors (Lipinski definition) is 3. The van der Waals surface area contributed by atoms with Crippen molar-refractivity contribution in [2.75, 3.05) is 18.4 Å². The minimum absolute atomic E-state index is 0.0128. The van der Waals surface area contributed by atoms with Gasteiger partial charge in [-0.3, -0.25) is 4.79 Å². The standard InChI is InChI=1S/C21H23N5OS2/c1-12(2)24-8-6-18(27)26-21-19(14-5-7-23-11-17(14)29-21)20-25-15-9-13(10-22)3-4-16(15)28-20/h3-4,9,12,23-24H,5-8,11H2,1-2H3,(H,26,27). The van der Waals surface area contributed by atoms with Crippen molar-refractivity contribution in [1.82, 2.24) is 15.6 Å². The van der Waals surface area contributed by atoms with E-state index < -0.39 is 0 Å². The number of thiophene rings is 1. The number of nitrogens with one attached hydrogen (secondary N) is 3. The van der Waals surface area contributed by atoms with Crippen LogP contribution in [0.1, 0.15) is 36.3 Å². The number of thiazole rings is 1. The first-order valence-electron chi connectivity index (χ1n) is 9.74. The lowest BCUT2D eigenvalue weighted by Gasteiger charge is -2.13. The van der Waals surface area contributed by atoms with E-state index in [0.717, 1.165) is 45.3 Å². The number of hydrogen-bond acceptors (Lipinski definition) is 7. The molecule has 0 radical (unpaired) electrons. The Labute approximate surface area is 178 Å². The highest BCUT2D eigenvalue weighted by Gasteiger charge is 2.25. The first-order chi connectivity index (χ1) is 14.0. The van der Waals surface area contributed by atoms with Crippen molar-refractivity contribution in [3.8, 4) is 16.6 Å². The molecule has 0 atom stereocenters. The summed E-state index contributed by atoms with van der Waals surface area (Å²) in [6, 6.07) is 8.13. The average Bonchev–Trinajstić information content (AvgIpc) is 3.27. The normalized spacial score (nSPS) is 13.4. The zero-order chi connectivity index (χ0) is 20.4. The lowest BCUT2D eigenvalue weighted by atomic mass is 10.0. The van der Waals surface area contributed by atoms with E-state index >= 15 is 0 Å². The molecule has 1 aliphatic heterocycles. The smallest absolute Gasteiger partial charge is 0.226 e. The van der Waals surface area contributed by atoms with Crippen LogP contribution in [-0.4, -0.2) is 30.0 Å². The second-order valence-corrected chi connectivity index (χ2v) is 9.49. The molecule has 0 aliphatic carbocycles. The third kappa shape index (κ3) is 4.33. The van der Waals surface area contributed by atoms with E-state index in [1.165, 1.54) is 10.4 Å². The lowest BCUT2D eigenvalue weighted by molar-refractivity contribution is -0.116. The summed E-state index contributed by atoms with van der Waals surface area (Å²) in [5, 5.41) is 20.8. The molecule has 3 aromatic rings. The quantitative estimate of drug-likeness (QED) is 0.558. The van der Waals surface area contributed by atoms with Crippen LogP contribution in [-0.2, 0) is 17.8 Å². The minimum Gasteiger partial charge on any atom is -0.317 e. The Kier molecular flexibility index (Phi) is 5.92. The van der Waals surface area contributed by atoms with E-state index in [2.05, 4.69) is 35.9 Å². The van der Waals surface area contributed by atoms with E-state index in [4.69, 9.17) is 10.2 Å². The number of anilines is 1. The Bertz CT molecular complexity index is 1090. The molecule has 0 unspecified atom stereocenters. The summed E-state index contributed by atoms with van der Waals surface area (Å²) in [6.45, 7) is 6.54. The van der Waals surface area contributed by atoms with Crippen molar-refractivity contribution in [1.29, 1.82) is 5.26 Å². The maximum Gasteiger partial charge on any atom is 0.226 e. The Morgan fingerprint density at radius 1 is 1.38 bits per heavy atom. The van der Waals surface area contributed by atoms with Crippen molar-refractivity contribution >= 4 is 43.8 Å². The van der Waals surface area contributed by atoms with Crippen LogP contribution in [0.15, 0.2) is 18.2 Å². The lowest BCUT2D eigenvalue weighted by Crippen LogP contribution is -2.27. The molecular weight excluding hydrogens is 402 g/mol. The summed E-state index contributed by atoms with van der Waals surface area (Å²) < 4.78 is 1.05. The highest BCUT2D eigenvalue weighted by atomic mass is 32.1. The molecule has 0 spiro atoms. The van der Waals surface area contributed by atoms with Gasteiger partial charge in [-0.05, 0) is 36.7 Å². The number of fused-ring (bicyclic) bond motifs is 2. The maximum absolute atomic E-state index is 12.5. The summed E-state index contributed by atoms with van der Waals surface area (Å²) in [6.07, 6.45) is 1.36. The molecule has 0 fully saturated rings. The van der Waals surface area contributed by atoms with Gasteiger partial charge >= 0.3 is 0 Å². The minimum atomic E-state index is 0.0128. The van der Waals surface area contributed by atoms with Gasteiger partial charge < -0.3 is 16.0 Å². The number of amides is 1. The van der Waals surface area contributed by atoms with Crippen LogP contribution < -0.4 is 16.0 Å². The molecule has 0 bridgehead atoms. The van der Waals surface area contributed by atoms with E-state index in [1.54, 1.807) is 22.7 Å². The van der Waals surface area contributed by atoms with E-state index in [-0.39, 0.29) is 5.91 Å². The first-order valence-corrected chi connectivity index (χ1v) is 11.4. The number of benzene rings is 1. The van der Waals surface area contributed by atoms with Gasteiger partial charge in [0.2, 0.25) is 5.91 Å². The number of nitrogens with zero attached hydrogens (tertiary/aromatic N) is 2. The van der Waals surface area contributed by atoms with E-state index in [1.807, 2.05) is 18.2 Å². The Hall–Kier alpha value is -2.31. The topological polar surface area (TPSA) is 89.8 Å². The number of nitriles is 1. The Morgan fingerprint density at radius 3 is 3.03 bits per heavy atom. The fourth-order valence-electron chi connectivity index (χ4n) is 3.42. The fraction of sp³-hybridized carbons (Fsp3) is 0.381. The molecule has 1 aromatic carbocycles. The van der Waals surface area contributed by atoms with Crippen LogP contribution in [0, 0.1) is 11.3 Å². The summed E-state index contributed by atoms with van der Waals surface area (Å²) in [5.41, 5.74) is 3.77. The predicted molar refractivity (Wildman–Crippen MR) is 119 cm³/mol. The molecule has 1 amide bonds. The predicted octanol–water partition coefficient (Wildman–Crippen LogP) is 3.87. The monoisotopic (exact) mass is 425 g/mol. The first kappa shape index (κ1) is 20.0. The van der Waals surface area contributed by atoms with Crippen molar-refractivity contribution in [2.24, 2.45) is 0 Å². The summed E-state index contributed by atoms with van der Waals surface area (Å²) >= 11 is 3.25. The molecule has 150 valence electrons. The highest BCUT2D eigenvalue weighted by Crippen LogP contribution is 2.44. The van der Waals surface area contributed by atoms with E-state index in [0.29, 0.717) is 24.6 Å². The molecule has 8 heteroatoms. The highest BCUT2D eigenvalue weighted by molar-refractivity contribution is 7.22. The van der Waals surface area contributed by atoms with Gasteiger partial charge in [-0.2, -0.15) is 5.26 Å². The van der Waals surface area contributed by atoms with Crippen LogP contribution in [0.5, 0.6) is 0 Å². The molecule has 0 saturated heterocycles. The number of carbonyl (C=O) groups excluding carboxylic acids is 1. The zero-order valence-electron chi connectivity index (χ0n) is 16.5. The van der Waals surface area contributed by atoms with Gasteiger partial charge in [0.05, 0.1) is 21.8 Å². The van der Waals surface area contributed by atoms with Gasteiger partial charge in [-0.15, -0.1) is 22.7 Å². The number of aromatic nitrogens is 1. The van der Waals surface area contributed by atoms with Gasteiger partial charge in [-0.25, -0.2) is 4.98 Å². The average molecular weight is 426 g/mol. The van der Waals surface area contributed by atoms with Crippen LogP contribution in [0.3, 0.4) is 0 Å². The molecule has 2 aromatic heterocycles. The number of rotatable bonds is 6. The van der Waals surface area contributed by atoms with Crippen molar-refractivity contribution in [2.45, 2.75) is 39.3 Å². The van der Waals surface area contributed by atoms with Gasteiger partial charge in [0.15, 0.2) is 0 Å². The van der Waals surface area contributed by atoms with Gasteiger partial charge in [0.1, 0.15) is 10.0 Å². The SMILES string of the molecule is CC(C)NCCC(=O)Nc1sc2c(c1-c1nc3cc(C#N)ccc3s1)CCNC2. The van der Waals surface area contributed by atoms with Crippen LogP contribution in [0.4, 0.5) is 5.00 Å². The Balaban J connectivity index is 1.68. The summed E-state index contributed by atoms with van der Waals surface area (Å²) in [4.78, 5) is 18.6. The molecule has 4 rings (SSSR count). The van der Waals surface area contributed by atoms with Crippen molar-refractivity contribution in [3.05, 3.63) is 34.2 Å². The Morgan fingerprint density at radius 2 is 2.24 bits per heavy atom. The maximum atomic E-state index is 12.5. The van der Waals surface area contributed by atoms with Crippen molar-refractivity contribution < 1.29 is 4.79 Å². The summed E-state index contributed by atoms with van der Waals surface area (Å²) in [5.74, 6) is 0.0128. The van der Waals surface area contributed by atoms with Crippen LogP contribution in [0.2, 0.25) is 0 Å². The molecule has 1 aliphatic rings. The van der Waals surface area contributed by atoms with Crippen LogP contribution in [0.25, 0.3) is 20.8 Å². The van der Waals surface area contributed by atoms with E-state index in [9.17, 15) is 4.79 Å². The molecule has 3 heterocycles.